The van der Waals surface area contributed by atoms with Gasteiger partial charge in [-0.3, -0.25) is 9.69 Å². The van der Waals surface area contributed by atoms with Crippen LogP contribution in [0, 0.1) is 11.3 Å². The lowest BCUT2D eigenvalue weighted by Gasteiger charge is -2.44. The molecule has 22 heavy (non-hydrogen) atoms. The Morgan fingerprint density at radius 3 is 2.45 bits per heavy atom. The van der Waals surface area contributed by atoms with Crippen molar-refractivity contribution in [2.45, 2.75) is 64.8 Å². The average Bonchev–Trinajstić information content (AvgIpc) is 2.61. The fourth-order valence-corrected chi connectivity index (χ4v) is 4.94. The first kappa shape index (κ1) is 15.8. The Kier molecular flexibility index (Phi) is 3.96. The average molecular weight is 307 g/mol. The van der Waals surface area contributed by atoms with Gasteiger partial charge in [-0.15, -0.1) is 0 Å². The Morgan fingerprint density at radius 2 is 1.82 bits per heavy atom. The lowest BCUT2D eigenvalue weighted by atomic mass is 9.64. The van der Waals surface area contributed by atoms with Crippen LogP contribution in [0.25, 0.3) is 0 Å². The molecule has 0 unspecified atom stereocenters. The summed E-state index contributed by atoms with van der Waals surface area (Å²) in [6.07, 6.45) is 6.23. The van der Waals surface area contributed by atoms with Gasteiger partial charge in [0.2, 0.25) is 0 Å². The zero-order valence-corrected chi connectivity index (χ0v) is 14.2. The molecule has 2 atom stereocenters. The molecule has 1 saturated carbocycles. The molecule has 2 saturated heterocycles. The van der Waals surface area contributed by atoms with E-state index in [1.54, 1.807) is 0 Å². The zero-order valence-electron chi connectivity index (χ0n) is 14.2. The van der Waals surface area contributed by atoms with E-state index in [4.69, 9.17) is 0 Å². The van der Waals surface area contributed by atoms with Crippen molar-refractivity contribution < 1.29 is 9.59 Å². The number of carbonyl (C=O) groups excluding carboxylic acids is 2. The lowest BCUT2D eigenvalue weighted by molar-refractivity contribution is -0.136. The number of nitrogens with one attached hydrogen (secondary N) is 1. The molecule has 0 bridgehead atoms. The van der Waals surface area contributed by atoms with Crippen molar-refractivity contribution in [3.8, 4) is 0 Å². The summed E-state index contributed by atoms with van der Waals surface area (Å²) in [6, 6.07) is -0.194. The van der Waals surface area contributed by atoms with Crippen LogP contribution in [0.4, 0.5) is 4.79 Å². The number of rotatable bonds is 2. The van der Waals surface area contributed by atoms with Gasteiger partial charge in [-0.05, 0) is 56.5 Å². The molecule has 0 aromatic heterocycles. The molecule has 0 aromatic rings. The second kappa shape index (κ2) is 5.52. The summed E-state index contributed by atoms with van der Waals surface area (Å²) in [5.74, 6) is 0.464. The molecule has 124 valence electrons. The highest BCUT2D eigenvalue weighted by Crippen LogP contribution is 2.46. The largest absolute Gasteiger partial charge is 0.326 e. The molecular formula is C17H29N3O2. The molecule has 1 N–H and O–H groups in total. The highest BCUT2D eigenvalue weighted by Gasteiger charge is 2.56. The summed E-state index contributed by atoms with van der Waals surface area (Å²) in [7, 11) is 0. The molecule has 3 rings (SSSR count). The standard InChI is InChI=1S/C17H29N3O2/c1-13-9-16(2,3)11-17(10-13)14(21)20(15(22)18-17)12-19-7-5-4-6-8-19/h13H,4-12H2,1-3H3,(H,18,22)/t13-,17-/m1/s1. The first-order valence-electron chi connectivity index (χ1n) is 8.68. The maximum absolute atomic E-state index is 13.0. The van der Waals surface area contributed by atoms with E-state index in [0.717, 1.165) is 32.4 Å². The van der Waals surface area contributed by atoms with Gasteiger partial charge in [0.05, 0.1) is 6.67 Å². The van der Waals surface area contributed by atoms with Crippen LogP contribution in [0.5, 0.6) is 0 Å². The number of hydrogen-bond acceptors (Lipinski definition) is 3. The van der Waals surface area contributed by atoms with Crippen LogP contribution in [0.15, 0.2) is 0 Å². The highest BCUT2D eigenvalue weighted by atomic mass is 16.2. The summed E-state index contributed by atoms with van der Waals surface area (Å²) in [6.45, 7) is 9.04. The number of nitrogens with zero attached hydrogens (tertiary/aromatic N) is 2. The molecule has 0 aromatic carbocycles. The van der Waals surface area contributed by atoms with Gasteiger partial charge < -0.3 is 5.32 Å². The molecular weight excluding hydrogens is 278 g/mol. The summed E-state index contributed by atoms with van der Waals surface area (Å²) in [4.78, 5) is 29.1. The molecule has 5 heteroatoms. The van der Waals surface area contributed by atoms with E-state index in [2.05, 4.69) is 31.0 Å². The van der Waals surface area contributed by atoms with E-state index in [9.17, 15) is 9.59 Å². The molecule has 1 aliphatic carbocycles. The first-order valence-corrected chi connectivity index (χ1v) is 8.68. The van der Waals surface area contributed by atoms with E-state index < -0.39 is 5.54 Å². The number of likely N-dealkylation sites (tertiary alicyclic amines) is 1. The number of urea groups is 1. The Hall–Kier alpha value is -1.10. The van der Waals surface area contributed by atoms with Crippen LogP contribution in [-0.2, 0) is 4.79 Å². The van der Waals surface area contributed by atoms with Crippen molar-refractivity contribution in [2.75, 3.05) is 19.8 Å². The van der Waals surface area contributed by atoms with Gasteiger partial charge in [0, 0.05) is 0 Å². The van der Waals surface area contributed by atoms with E-state index in [-0.39, 0.29) is 17.4 Å². The molecule has 1 spiro atoms. The number of amides is 3. The van der Waals surface area contributed by atoms with Gasteiger partial charge in [-0.1, -0.05) is 27.2 Å². The molecule has 3 fully saturated rings. The normalized spacial score (nSPS) is 36.0. The first-order chi connectivity index (χ1) is 10.3. The minimum absolute atomic E-state index is 0.00250. The Labute approximate surface area is 133 Å². The van der Waals surface area contributed by atoms with Crippen LogP contribution in [0.2, 0.25) is 0 Å². The maximum atomic E-state index is 13.0. The summed E-state index contributed by atoms with van der Waals surface area (Å²) in [5, 5.41) is 3.06. The quantitative estimate of drug-likeness (QED) is 0.798. The van der Waals surface area contributed by atoms with Crippen molar-refractivity contribution in [1.82, 2.24) is 15.1 Å². The minimum atomic E-state index is -0.659. The Balaban J connectivity index is 1.75. The van der Waals surface area contributed by atoms with Crippen LogP contribution in [0.3, 0.4) is 0 Å². The minimum Gasteiger partial charge on any atom is -0.323 e. The van der Waals surface area contributed by atoms with E-state index in [0.29, 0.717) is 12.6 Å². The molecule has 0 radical (unpaired) electrons. The van der Waals surface area contributed by atoms with E-state index in [1.165, 1.54) is 24.2 Å². The van der Waals surface area contributed by atoms with Crippen LogP contribution < -0.4 is 5.32 Å². The fourth-order valence-electron chi connectivity index (χ4n) is 4.94. The second-order valence-electron chi connectivity index (χ2n) is 8.42. The van der Waals surface area contributed by atoms with Crippen molar-refractivity contribution in [3.63, 3.8) is 0 Å². The van der Waals surface area contributed by atoms with Crippen LogP contribution in [-0.4, -0.2) is 47.0 Å². The summed E-state index contributed by atoms with van der Waals surface area (Å²) >= 11 is 0. The van der Waals surface area contributed by atoms with Gasteiger partial charge >= 0.3 is 6.03 Å². The third kappa shape index (κ3) is 2.87. The van der Waals surface area contributed by atoms with Crippen molar-refractivity contribution in [2.24, 2.45) is 11.3 Å². The lowest BCUT2D eigenvalue weighted by Crippen LogP contribution is -2.54. The zero-order chi connectivity index (χ0) is 16.0. The van der Waals surface area contributed by atoms with Gasteiger partial charge in [-0.2, -0.15) is 0 Å². The summed E-state index contributed by atoms with van der Waals surface area (Å²) < 4.78 is 0. The highest BCUT2D eigenvalue weighted by molar-refractivity contribution is 6.07. The van der Waals surface area contributed by atoms with Crippen LogP contribution in [0.1, 0.15) is 59.3 Å². The SMILES string of the molecule is C[C@@H]1CC(C)(C)C[C@@]2(C1)NC(=O)N(CN1CCCCC1)C2=O. The molecule has 2 heterocycles. The monoisotopic (exact) mass is 307 g/mol. The fraction of sp³-hybridized carbons (Fsp3) is 0.882. The van der Waals surface area contributed by atoms with Crippen molar-refractivity contribution in [1.29, 1.82) is 0 Å². The van der Waals surface area contributed by atoms with E-state index >= 15 is 0 Å². The second-order valence-corrected chi connectivity index (χ2v) is 8.42. The number of carbonyl (C=O) groups is 2. The third-order valence-corrected chi connectivity index (χ3v) is 5.41. The molecule has 2 aliphatic heterocycles. The van der Waals surface area contributed by atoms with E-state index in [1.807, 2.05) is 0 Å². The maximum Gasteiger partial charge on any atom is 0.326 e. The molecule has 3 aliphatic rings. The van der Waals surface area contributed by atoms with Crippen molar-refractivity contribution in [3.05, 3.63) is 0 Å². The van der Waals surface area contributed by atoms with Crippen molar-refractivity contribution >= 4 is 11.9 Å². The number of hydrogen-bond donors (Lipinski definition) is 1. The Morgan fingerprint density at radius 1 is 1.14 bits per heavy atom. The smallest absolute Gasteiger partial charge is 0.323 e. The van der Waals surface area contributed by atoms with Gasteiger partial charge in [0.25, 0.3) is 5.91 Å². The topological polar surface area (TPSA) is 52.7 Å². The molecule has 5 nitrogen and oxygen atoms in total. The summed E-state index contributed by atoms with van der Waals surface area (Å²) in [5.41, 5.74) is -0.560. The van der Waals surface area contributed by atoms with Gasteiger partial charge in [0.1, 0.15) is 5.54 Å². The predicted octanol–water partition coefficient (Wildman–Crippen LogP) is 2.57. The third-order valence-electron chi connectivity index (χ3n) is 5.41. The Bertz CT molecular complexity index is 471. The molecule has 3 amide bonds. The number of piperidine rings is 1. The van der Waals surface area contributed by atoms with Crippen LogP contribution >= 0.6 is 0 Å². The van der Waals surface area contributed by atoms with Gasteiger partial charge in [0.15, 0.2) is 0 Å². The number of imide groups is 1. The van der Waals surface area contributed by atoms with Gasteiger partial charge in [-0.25, -0.2) is 9.69 Å². The predicted molar refractivity (Wildman–Crippen MR) is 85.2 cm³/mol.